The SMILES string of the molecule is Cc1noc(C)c1CCC(=O)N[C@@H]1C=CS(=O)(=O)C1. The van der Waals surface area contributed by atoms with Gasteiger partial charge in [-0.1, -0.05) is 5.16 Å². The van der Waals surface area contributed by atoms with Gasteiger partial charge in [-0.15, -0.1) is 0 Å². The number of nitrogens with one attached hydrogen (secondary N) is 1. The van der Waals surface area contributed by atoms with Crippen LogP contribution < -0.4 is 5.32 Å². The van der Waals surface area contributed by atoms with E-state index in [0.717, 1.165) is 16.7 Å². The molecular formula is C12H16N2O4S. The molecule has 0 aliphatic carbocycles. The van der Waals surface area contributed by atoms with Crippen LogP contribution in [-0.2, 0) is 21.1 Å². The lowest BCUT2D eigenvalue weighted by Gasteiger charge is -2.09. The first kappa shape index (κ1) is 13.8. The molecule has 0 spiro atoms. The zero-order chi connectivity index (χ0) is 14.0. The Morgan fingerprint density at radius 1 is 1.53 bits per heavy atom. The van der Waals surface area contributed by atoms with E-state index in [1.165, 1.54) is 6.08 Å². The Bertz CT molecular complexity index is 596. The number of hydrogen-bond donors (Lipinski definition) is 1. The summed E-state index contributed by atoms with van der Waals surface area (Å²) in [6.07, 6.45) is 2.33. The monoisotopic (exact) mass is 284 g/mol. The molecule has 0 unspecified atom stereocenters. The first-order valence-corrected chi connectivity index (χ1v) is 7.71. The zero-order valence-electron chi connectivity index (χ0n) is 10.8. The second-order valence-electron chi connectivity index (χ2n) is 4.63. The molecule has 1 aliphatic heterocycles. The van der Waals surface area contributed by atoms with Crippen LogP contribution in [0, 0.1) is 13.8 Å². The minimum absolute atomic E-state index is 0.0515. The third kappa shape index (κ3) is 3.44. The molecule has 7 heteroatoms. The molecule has 0 fully saturated rings. The molecular weight excluding hydrogens is 268 g/mol. The van der Waals surface area contributed by atoms with E-state index in [-0.39, 0.29) is 18.1 Å². The van der Waals surface area contributed by atoms with Gasteiger partial charge >= 0.3 is 0 Å². The van der Waals surface area contributed by atoms with E-state index in [1.807, 2.05) is 6.92 Å². The molecule has 0 bridgehead atoms. The van der Waals surface area contributed by atoms with Crippen molar-refractivity contribution in [1.29, 1.82) is 0 Å². The highest BCUT2D eigenvalue weighted by Gasteiger charge is 2.23. The average molecular weight is 284 g/mol. The highest BCUT2D eigenvalue weighted by molar-refractivity contribution is 7.94. The number of amides is 1. The Hall–Kier alpha value is -1.63. The molecule has 19 heavy (non-hydrogen) atoms. The summed E-state index contributed by atoms with van der Waals surface area (Å²) in [7, 11) is -3.13. The quantitative estimate of drug-likeness (QED) is 0.877. The van der Waals surface area contributed by atoms with Crippen molar-refractivity contribution in [3.05, 3.63) is 28.5 Å². The molecule has 1 aliphatic rings. The predicted molar refractivity (Wildman–Crippen MR) is 69.2 cm³/mol. The van der Waals surface area contributed by atoms with Crippen LogP contribution in [0.1, 0.15) is 23.4 Å². The maximum absolute atomic E-state index is 11.7. The fourth-order valence-corrected chi connectivity index (χ4v) is 3.28. The van der Waals surface area contributed by atoms with E-state index < -0.39 is 15.9 Å². The molecule has 1 aromatic rings. The van der Waals surface area contributed by atoms with Crippen molar-refractivity contribution >= 4 is 15.7 Å². The summed E-state index contributed by atoms with van der Waals surface area (Å²) < 4.78 is 27.4. The number of sulfone groups is 1. The molecule has 1 N–H and O–H groups in total. The first-order valence-electron chi connectivity index (χ1n) is 5.99. The Morgan fingerprint density at radius 3 is 2.79 bits per heavy atom. The second-order valence-corrected chi connectivity index (χ2v) is 6.57. The Morgan fingerprint density at radius 2 is 2.26 bits per heavy atom. The van der Waals surface area contributed by atoms with Crippen LogP contribution in [0.4, 0.5) is 0 Å². The number of aromatic nitrogens is 1. The fourth-order valence-electron chi connectivity index (χ4n) is 2.04. The third-order valence-corrected chi connectivity index (χ3v) is 4.46. The van der Waals surface area contributed by atoms with E-state index in [1.54, 1.807) is 6.92 Å². The van der Waals surface area contributed by atoms with E-state index in [9.17, 15) is 13.2 Å². The van der Waals surface area contributed by atoms with Crippen molar-refractivity contribution in [2.24, 2.45) is 0 Å². The van der Waals surface area contributed by atoms with Crippen molar-refractivity contribution in [2.75, 3.05) is 5.75 Å². The molecule has 0 saturated heterocycles. The van der Waals surface area contributed by atoms with Crippen molar-refractivity contribution in [1.82, 2.24) is 10.5 Å². The summed E-state index contributed by atoms with van der Waals surface area (Å²) in [6, 6.07) is -0.415. The van der Waals surface area contributed by atoms with Crippen LogP contribution in [0.3, 0.4) is 0 Å². The van der Waals surface area contributed by atoms with E-state index in [2.05, 4.69) is 10.5 Å². The molecule has 1 atom stereocenters. The largest absolute Gasteiger partial charge is 0.361 e. The number of carbonyl (C=O) groups is 1. The summed E-state index contributed by atoms with van der Waals surface area (Å²) in [4.78, 5) is 11.7. The first-order chi connectivity index (χ1) is 8.87. The maximum Gasteiger partial charge on any atom is 0.220 e. The Kier molecular flexibility index (Phi) is 3.75. The van der Waals surface area contributed by atoms with Crippen LogP contribution in [0.2, 0.25) is 0 Å². The van der Waals surface area contributed by atoms with Gasteiger partial charge in [0.2, 0.25) is 5.91 Å². The lowest BCUT2D eigenvalue weighted by molar-refractivity contribution is -0.121. The smallest absolute Gasteiger partial charge is 0.220 e. The van der Waals surface area contributed by atoms with Crippen molar-refractivity contribution in [3.63, 3.8) is 0 Å². The van der Waals surface area contributed by atoms with E-state index in [0.29, 0.717) is 12.2 Å². The minimum atomic E-state index is -3.13. The van der Waals surface area contributed by atoms with E-state index >= 15 is 0 Å². The standard InChI is InChI=1S/C12H16N2O4S/c1-8-11(9(2)18-14-8)3-4-12(15)13-10-5-6-19(16,17)7-10/h5-6,10H,3-4,7H2,1-2H3,(H,13,15)/t10-/m1/s1. The van der Waals surface area contributed by atoms with E-state index in [4.69, 9.17) is 4.52 Å². The molecule has 6 nitrogen and oxygen atoms in total. The van der Waals surface area contributed by atoms with Crippen molar-refractivity contribution in [3.8, 4) is 0 Å². The highest BCUT2D eigenvalue weighted by Crippen LogP contribution is 2.14. The summed E-state index contributed by atoms with van der Waals surface area (Å²) in [5, 5.41) is 7.64. The molecule has 0 aromatic carbocycles. The van der Waals surface area contributed by atoms with Crippen LogP contribution in [-0.4, -0.2) is 31.3 Å². The second kappa shape index (κ2) is 5.16. The third-order valence-electron chi connectivity index (χ3n) is 3.06. The van der Waals surface area contributed by atoms with Crippen LogP contribution in [0.15, 0.2) is 16.0 Å². The Labute approximate surface area is 111 Å². The molecule has 1 amide bonds. The summed E-state index contributed by atoms with van der Waals surface area (Å²) in [5.41, 5.74) is 1.72. The van der Waals surface area contributed by atoms with Gasteiger partial charge < -0.3 is 9.84 Å². The Balaban J connectivity index is 1.85. The molecule has 2 rings (SSSR count). The van der Waals surface area contributed by atoms with Gasteiger partial charge in [-0.2, -0.15) is 0 Å². The van der Waals surface area contributed by atoms with Gasteiger partial charge in [0.25, 0.3) is 0 Å². The van der Waals surface area contributed by atoms with Gasteiger partial charge in [0, 0.05) is 17.4 Å². The molecule has 104 valence electrons. The van der Waals surface area contributed by atoms with Gasteiger partial charge in [-0.25, -0.2) is 8.42 Å². The minimum Gasteiger partial charge on any atom is -0.361 e. The summed E-state index contributed by atoms with van der Waals surface area (Å²) in [5.74, 6) is 0.491. The maximum atomic E-state index is 11.7. The zero-order valence-corrected chi connectivity index (χ0v) is 11.7. The summed E-state index contributed by atoms with van der Waals surface area (Å²) >= 11 is 0. The van der Waals surface area contributed by atoms with Gasteiger partial charge in [0.05, 0.1) is 17.5 Å². The van der Waals surface area contributed by atoms with Crippen LogP contribution in [0.5, 0.6) is 0 Å². The average Bonchev–Trinajstić information content (AvgIpc) is 2.80. The normalized spacial score (nSPS) is 20.6. The number of carbonyl (C=O) groups excluding carboxylic acids is 1. The number of aryl methyl sites for hydroxylation is 2. The lowest BCUT2D eigenvalue weighted by Crippen LogP contribution is -2.35. The predicted octanol–water partition coefficient (Wildman–Crippen LogP) is 0.651. The molecule has 2 heterocycles. The number of hydrogen-bond acceptors (Lipinski definition) is 5. The lowest BCUT2D eigenvalue weighted by atomic mass is 10.1. The molecule has 1 aromatic heterocycles. The molecule has 0 saturated carbocycles. The van der Waals surface area contributed by atoms with Crippen molar-refractivity contribution < 1.29 is 17.7 Å². The highest BCUT2D eigenvalue weighted by atomic mass is 32.2. The van der Waals surface area contributed by atoms with Gasteiger partial charge in [0.15, 0.2) is 9.84 Å². The summed E-state index contributed by atoms with van der Waals surface area (Å²) in [6.45, 7) is 3.63. The van der Waals surface area contributed by atoms with Gasteiger partial charge in [0.1, 0.15) is 5.76 Å². The van der Waals surface area contributed by atoms with Gasteiger partial charge in [-0.3, -0.25) is 4.79 Å². The van der Waals surface area contributed by atoms with Crippen LogP contribution >= 0.6 is 0 Å². The number of rotatable bonds is 4. The molecule has 0 radical (unpaired) electrons. The van der Waals surface area contributed by atoms with Gasteiger partial charge in [-0.05, 0) is 26.3 Å². The van der Waals surface area contributed by atoms with Crippen molar-refractivity contribution in [2.45, 2.75) is 32.7 Å². The van der Waals surface area contributed by atoms with Crippen LogP contribution in [0.25, 0.3) is 0 Å². The fraction of sp³-hybridized carbons (Fsp3) is 0.500. The number of nitrogens with zero attached hydrogens (tertiary/aromatic N) is 1. The topological polar surface area (TPSA) is 89.3 Å².